The van der Waals surface area contributed by atoms with E-state index in [1.807, 2.05) is 17.0 Å². The van der Waals surface area contributed by atoms with Crippen molar-refractivity contribution in [3.63, 3.8) is 0 Å². The molecule has 0 N–H and O–H groups in total. The summed E-state index contributed by atoms with van der Waals surface area (Å²) in [5, 5.41) is 8.64. The number of rotatable bonds is 4. The van der Waals surface area contributed by atoms with Gasteiger partial charge in [0.15, 0.2) is 5.69 Å². The van der Waals surface area contributed by atoms with E-state index in [1.54, 1.807) is 18.5 Å². The Hall–Kier alpha value is -3.29. The van der Waals surface area contributed by atoms with Gasteiger partial charge in [-0.25, -0.2) is 4.68 Å². The van der Waals surface area contributed by atoms with E-state index in [0.717, 1.165) is 55.4 Å². The Kier molecular flexibility index (Phi) is 4.90. The van der Waals surface area contributed by atoms with Gasteiger partial charge in [0, 0.05) is 42.6 Å². The molecule has 0 radical (unpaired) electrons. The van der Waals surface area contributed by atoms with E-state index in [4.69, 9.17) is 4.52 Å². The number of nitrogens with zero attached hydrogens (tertiary/aromatic N) is 5. The Labute approximate surface area is 173 Å². The first-order valence-corrected chi connectivity index (χ1v) is 10.5. The molecule has 1 aliphatic carbocycles. The van der Waals surface area contributed by atoms with Gasteiger partial charge in [-0.3, -0.25) is 14.6 Å². The summed E-state index contributed by atoms with van der Waals surface area (Å²) in [4.78, 5) is 31.5. The van der Waals surface area contributed by atoms with Gasteiger partial charge in [-0.05, 0) is 50.3 Å². The molecule has 8 heteroatoms. The highest BCUT2D eigenvalue weighted by molar-refractivity contribution is 5.94. The van der Waals surface area contributed by atoms with Crippen LogP contribution in [0.25, 0.3) is 11.3 Å². The smallest absolute Gasteiger partial charge is 0.276 e. The number of aryl methyl sites for hydroxylation is 1. The molecular weight excluding hydrogens is 382 g/mol. The van der Waals surface area contributed by atoms with Gasteiger partial charge in [0.2, 0.25) is 0 Å². The number of hydrogen-bond acceptors (Lipinski definition) is 6. The van der Waals surface area contributed by atoms with Crippen molar-refractivity contribution in [3.05, 3.63) is 64.0 Å². The summed E-state index contributed by atoms with van der Waals surface area (Å²) < 4.78 is 6.90. The summed E-state index contributed by atoms with van der Waals surface area (Å²) >= 11 is 0. The molecule has 3 aromatic rings. The van der Waals surface area contributed by atoms with Crippen molar-refractivity contribution < 1.29 is 9.32 Å². The van der Waals surface area contributed by atoms with Gasteiger partial charge in [-0.2, -0.15) is 5.10 Å². The second-order valence-corrected chi connectivity index (χ2v) is 7.91. The average molecular weight is 405 g/mol. The van der Waals surface area contributed by atoms with Crippen LogP contribution in [0.3, 0.4) is 0 Å². The van der Waals surface area contributed by atoms with Crippen LogP contribution in [0, 0.1) is 0 Å². The number of hydrogen-bond donors (Lipinski definition) is 0. The van der Waals surface area contributed by atoms with Crippen molar-refractivity contribution >= 4 is 5.91 Å². The molecule has 5 rings (SSSR count). The predicted octanol–water partition coefficient (Wildman–Crippen LogP) is 2.48. The topological polar surface area (TPSA) is 94.1 Å². The molecule has 1 fully saturated rings. The number of pyridine rings is 1. The fourth-order valence-corrected chi connectivity index (χ4v) is 4.44. The van der Waals surface area contributed by atoms with Gasteiger partial charge >= 0.3 is 0 Å². The molecule has 4 heterocycles. The van der Waals surface area contributed by atoms with Gasteiger partial charge in [0.05, 0.1) is 18.3 Å². The second kappa shape index (κ2) is 7.85. The zero-order valence-corrected chi connectivity index (χ0v) is 16.7. The lowest BCUT2D eigenvalue weighted by atomic mass is 9.96. The number of likely N-dealkylation sites (tertiary alicyclic amines) is 1. The minimum atomic E-state index is -0.175. The maximum absolute atomic E-state index is 13.2. The lowest BCUT2D eigenvalue weighted by Crippen LogP contribution is -2.41. The Morgan fingerprint density at radius 1 is 1.10 bits per heavy atom. The largest absolute Gasteiger partial charge is 0.360 e. The van der Waals surface area contributed by atoms with Crippen LogP contribution in [0.2, 0.25) is 0 Å². The predicted molar refractivity (Wildman–Crippen MR) is 109 cm³/mol. The van der Waals surface area contributed by atoms with Crippen LogP contribution in [-0.2, 0) is 19.4 Å². The minimum Gasteiger partial charge on any atom is -0.360 e. The van der Waals surface area contributed by atoms with Gasteiger partial charge in [0.25, 0.3) is 11.5 Å². The number of aromatic nitrogens is 4. The van der Waals surface area contributed by atoms with E-state index >= 15 is 0 Å². The van der Waals surface area contributed by atoms with E-state index < -0.39 is 0 Å². The number of carbonyl (C=O) groups is 1. The third-order valence-electron chi connectivity index (χ3n) is 6.02. The number of fused-ring (bicyclic) bond motifs is 1. The fourth-order valence-electron chi connectivity index (χ4n) is 4.44. The first kappa shape index (κ1) is 18.7. The Bertz CT molecular complexity index is 1120. The summed E-state index contributed by atoms with van der Waals surface area (Å²) in [5.74, 6) is 0.756. The SMILES string of the molecule is O=C(c1noc2c1CCCC2)N1CCCC1Cn1nc(-c2ccncc2)ccc1=O. The maximum Gasteiger partial charge on any atom is 0.276 e. The maximum atomic E-state index is 13.2. The van der Waals surface area contributed by atoms with Gasteiger partial charge in [-0.1, -0.05) is 5.16 Å². The molecular formula is C22H23N5O3. The molecule has 30 heavy (non-hydrogen) atoms. The summed E-state index contributed by atoms with van der Waals surface area (Å²) in [6.45, 7) is 1.02. The summed E-state index contributed by atoms with van der Waals surface area (Å²) in [6, 6.07) is 6.86. The molecule has 1 unspecified atom stereocenters. The molecule has 1 saturated heterocycles. The van der Waals surface area contributed by atoms with Crippen LogP contribution in [-0.4, -0.2) is 43.3 Å². The van der Waals surface area contributed by atoms with Crippen molar-refractivity contribution in [2.45, 2.75) is 51.1 Å². The van der Waals surface area contributed by atoms with Crippen LogP contribution in [0.1, 0.15) is 47.5 Å². The zero-order valence-electron chi connectivity index (χ0n) is 16.7. The third kappa shape index (κ3) is 3.42. The van der Waals surface area contributed by atoms with E-state index in [-0.39, 0.29) is 17.5 Å². The molecule has 1 amide bonds. The molecule has 0 spiro atoms. The van der Waals surface area contributed by atoms with Crippen LogP contribution < -0.4 is 5.56 Å². The Balaban J connectivity index is 1.39. The third-order valence-corrected chi connectivity index (χ3v) is 6.02. The second-order valence-electron chi connectivity index (χ2n) is 7.91. The van der Waals surface area contributed by atoms with Crippen LogP contribution in [0.5, 0.6) is 0 Å². The van der Waals surface area contributed by atoms with Crippen molar-refractivity contribution in [1.82, 2.24) is 24.8 Å². The first-order chi connectivity index (χ1) is 14.7. The molecule has 1 atom stereocenters. The number of carbonyl (C=O) groups excluding carboxylic acids is 1. The highest BCUT2D eigenvalue weighted by Crippen LogP contribution is 2.28. The van der Waals surface area contributed by atoms with Crippen molar-refractivity contribution in [2.75, 3.05) is 6.54 Å². The lowest BCUT2D eigenvalue weighted by molar-refractivity contribution is 0.0709. The number of amides is 1. The van der Waals surface area contributed by atoms with Crippen LogP contribution in [0.15, 0.2) is 46.0 Å². The van der Waals surface area contributed by atoms with Crippen LogP contribution >= 0.6 is 0 Å². The van der Waals surface area contributed by atoms with Crippen molar-refractivity contribution in [1.29, 1.82) is 0 Å². The lowest BCUT2D eigenvalue weighted by Gasteiger charge is -2.24. The first-order valence-electron chi connectivity index (χ1n) is 10.5. The molecule has 0 saturated carbocycles. The van der Waals surface area contributed by atoms with E-state index in [0.29, 0.717) is 24.5 Å². The normalized spacial score (nSPS) is 18.4. The van der Waals surface area contributed by atoms with Crippen LogP contribution in [0.4, 0.5) is 0 Å². The van der Waals surface area contributed by atoms with Crippen molar-refractivity contribution in [3.8, 4) is 11.3 Å². The standard InChI is InChI=1S/C22H23N5O3/c28-20-8-7-18(15-9-11-23-12-10-15)24-27(20)14-16-4-3-13-26(16)22(29)21-17-5-1-2-6-19(17)30-25-21/h7-12,16H,1-6,13-14H2. The molecule has 2 aliphatic rings. The Morgan fingerprint density at radius 2 is 1.93 bits per heavy atom. The molecule has 3 aromatic heterocycles. The molecule has 0 bridgehead atoms. The van der Waals surface area contributed by atoms with Gasteiger partial charge < -0.3 is 9.42 Å². The average Bonchev–Trinajstić information content (AvgIpc) is 3.42. The van der Waals surface area contributed by atoms with E-state index in [9.17, 15) is 9.59 Å². The van der Waals surface area contributed by atoms with Crippen molar-refractivity contribution in [2.24, 2.45) is 0 Å². The highest BCUT2D eigenvalue weighted by Gasteiger charge is 2.34. The fraction of sp³-hybridized carbons (Fsp3) is 0.409. The summed E-state index contributed by atoms with van der Waals surface area (Å²) in [6.07, 6.45) is 8.94. The molecule has 8 nitrogen and oxygen atoms in total. The van der Waals surface area contributed by atoms with Gasteiger partial charge in [0.1, 0.15) is 5.76 Å². The summed E-state index contributed by atoms with van der Waals surface area (Å²) in [5.41, 5.74) is 2.84. The van der Waals surface area contributed by atoms with E-state index in [1.165, 1.54) is 10.7 Å². The highest BCUT2D eigenvalue weighted by atomic mass is 16.5. The Morgan fingerprint density at radius 3 is 2.80 bits per heavy atom. The minimum absolute atomic E-state index is 0.0914. The molecule has 1 aliphatic heterocycles. The summed E-state index contributed by atoms with van der Waals surface area (Å²) in [7, 11) is 0. The monoisotopic (exact) mass is 405 g/mol. The van der Waals surface area contributed by atoms with E-state index in [2.05, 4.69) is 15.2 Å². The molecule has 154 valence electrons. The molecule has 0 aromatic carbocycles. The zero-order chi connectivity index (χ0) is 20.5. The quantitative estimate of drug-likeness (QED) is 0.662. The van der Waals surface area contributed by atoms with Gasteiger partial charge in [-0.15, -0.1) is 0 Å².